The van der Waals surface area contributed by atoms with Crippen molar-refractivity contribution in [3.8, 4) is 17.4 Å². The largest absolute Gasteiger partial charge is 0.494 e. The lowest BCUT2D eigenvalue weighted by atomic mass is 9.95. The number of hydrogen-bond acceptors (Lipinski definition) is 7. The Balaban J connectivity index is 1.55. The van der Waals surface area contributed by atoms with E-state index in [2.05, 4.69) is 10.1 Å². The molecule has 1 saturated carbocycles. The van der Waals surface area contributed by atoms with Crippen molar-refractivity contribution >= 4 is 11.6 Å². The molecular weight excluding hydrogens is 416 g/mol. The summed E-state index contributed by atoms with van der Waals surface area (Å²) in [6, 6.07) is 4.71. The molecule has 1 fully saturated rings. The first-order valence-corrected chi connectivity index (χ1v) is 10.8. The molecule has 0 spiro atoms. The van der Waals surface area contributed by atoms with Gasteiger partial charge in [0.25, 0.3) is 5.56 Å². The van der Waals surface area contributed by atoms with E-state index in [0.29, 0.717) is 11.5 Å². The molecule has 1 amide bonds. The number of H-pyrrole nitrogens is 1. The number of aromatic nitrogens is 2. The van der Waals surface area contributed by atoms with Gasteiger partial charge in [-0.2, -0.15) is 5.10 Å². The minimum absolute atomic E-state index is 0.0651. The summed E-state index contributed by atoms with van der Waals surface area (Å²) in [6.45, 7) is 1.52. The Hall–Kier alpha value is -3.56. The highest BCUT2D eigenvalue weighted by atomic mass is 16.7. The Labute approximate surface area is 183 Å². The molecule has 0 radical (unpaired) electrons. The van der Waals surface area contributed by atoms with Gasteiger partial charge in [0.05, 0.1) is 11.8 Å². The molecule has 2 aromatic rings. The number of carbonyl (C=O) groups excluding carboxylic acids is 1. The maximum atomic E-state index is 12.7. The molecule has 0 saturated heterocycles. The van der Waals surface area contributed by atoms with E-state index in [4.69, 9.17) is 9.47 Å². The fraction of sp³-hybridized carbons (Fsp3) is 0.455. The zero-order valence-electron chi connectivity index (χ0n) is 17.7. The molecule has 1 aliphatic carbocycles. The van der Waals surface area contributed by atoms with E-state index >= 15 is 0 Å². The first kappa shape index (κ1) is 20.3. The number of amides is 1. The van der Waals surface area contributed by atoms with Gasteiger partial charge in [-0.1, -0.05) is 25.3 Å². The summed E-state index contributed by atoms with van der Waals surface area (Å²) in [7, 11) is 0. The van der Waals surface area contributed by atoms with Crippen molar-refractivity contribution in [3.63, 3.8) is 0 Å². The summed E-state index contributed by atoms with van der Waals surface area (Å²) >= 11 is 0. The standard InChI is InChI=1S/C22H24N4O6/c1-12(27)26-16(13-7-8-17-18(9-13)32-11-31-17)10-15(24-26)19-20(28)23-22(30)25(21(19)29)14-5-3-2-4-6-14/h7-9,14,16,29H,2-6,10-11H2,1H3,(H,23,28,30). The predicted octanol–water partition coefficient (Wildman–Crippen LogP) is 2.17. The number of hydrazone groups is 1. The second kappa shape index (κ2) is 7.85. The molecule has 1 aromatic heterocycles. The third-order valence-electron chi connectivity index (χ3n) is 6.36. The van der Waals surface area contributed by atoms with Crippen LogP contribution in [0.15, 0.2) is 32.9 Å². The molecule has 168 valence electrons. The van der Waals surface area contributed by atoms with Crippen molar-refractivity contribution in [2.75, 3.05) is 6.79 Å². The van der Waals surface area contributed by atoms with Crippen LogP contribution < -0.4 is 20.7 Å². The predicted molar refractivity (Wildman–Crippen MR) is 114 cm³/mol. The zero-order chi connectivity index (χ0) is 22.4. The van der Waals surface area contributed by atoms with Crippen molar-refractivity contribution < 1.29 is 19.4 Å². The average molecular weight is 440 g/mol. The van der Waals surface area contributed by atoms with Crippen LogP contribution in [0.3, 0.4) is 0 Å². The highest BCUT2D eigenvalue weighted by Gasteiger charge is 2.36. The van der Waals surface area contributed by atoms with Crippen molar-refractivity contribution in [1.82, 2.24) is 14.6 Å². The number of aromatic hydroxyl groups is 1. The summed E-state index contributed by atoms with van der Waals surface area (Å²) in [5.74, 6) is 0.500. The number of carbonyl (C=O) groups is 1. The molecule has 3 heterocycles. The first-order valence-electron chi connectivity index (χ1n) is 10.8. The van der Waals surface area contributed by atoms with E-state index in [-0.39, 0.29) is 42.3 Å². The van der Waals surface area contributed by atoms with Crippen molar-refractivity contribution in [2.45, 2.75) is 57.5 Å². The maximum absolute atomic E-state index is 12.7. The van der Waals surface area contributed by atoms with Crippen LogP contribution in [0.4, 0.5) is 0 Å². The number of benzene rings is 1. The lowest BCUT2D eigenvalue weighted by Gasteiger charge is -2.25. The van der Waals surface area contributed by atoms with Crippen LogP contribution in [0, 0.1) is 0 Å². The van der Waals surface area contributed by atoms with Gasteiger partial charge < -0.3 is 14.6 Å². The summed E-state index contributed by atoms with van der Waals surface area (Å²) in [4.78, 5) is 39.9. The van der Waals surface area contributed by atoms with Crippen LogP contribution in [0.5, 0.6) is 17.4 Å². The molecule has 0 bridgehead atoms. The lowest BCUT2D eigenvalue weighted by molar-refractivity contribution is -0.130. The molecule has 1 atom stereocenters. The number of hydrogen-bond donors (Lipinski definition) is 2. The van der Waals surface area contributed by atoms with E-state index in [9.17, 15) is 19.5 Å². The van der Waals surface area contributed by atoms with Gasteiger partial charge in [-0.15, -0.1) is 0 Å². The highest BCUT2D eigenvalue weighted by molar-refractivity contribution is 6.04. The van der Waals surface area contributed by atoms with E-state index in [1.54, 1.807) is 12.1 Å². The van der Waals surface area contributed by atoms with Crippen LogP contribution in [-0.4, -0.2) is 38.1 Å². The summed E-state index contributed by atoms with van der Waals surface area (Å²) in [5, 5.41) is 16.7. The molecule has 32 heavy (non-hydrogen) atoms. The number of fused-ring (bicyclic) bond motifs is 1. The molecule has 5 rings (SSSR count). The minimum Gasteiger partial charge on any atom is -0.494 e. The Kier molecular flexibility index (Phi) is 4.99. The number of nitrogens with zero attached hydrogens (tertiary/aromatic N) is 3. The molecule has 10 heteroatoms. The van der Waals surface area contributed by atoms with Crippen LogP contribution in [0.2, 0.25) is 0 Å². The Morgan fingerprint density at radius 3 is 2.66 bits per heavy atom. The molecule has 1 unspecified atom stereocenters. The van der Waals surface area contributed by atoms with Crippen molar-refractivity contribution in [2.24, 2.45) is 5.10 Å². The second-order valence-corrected chi connectivity index (χ2v) is 8.36. The fourth-order valence-electron chi connectivity index (χ4n) is 4.81. The van der Waals surface area contributed by atoms with Gasteiger partial charge in [0.2, 0.25) is 18.6 Å². The van der Waals surface area contributed by atoms with Gasteiger partial charge in [0.15, 0.2) is 11.5 Å². The Bertz CT molecular complexity index is 1220. The molecule has 2 aliphatic heterocycles. The average Bonchev–Trinajstić information content (AvgIpc) is 3.41. The van der Waals surface area contributed by atoms with E-state index in [0.717, 1.165) is 37.7 Å². The minimum atomic E-state index is -0.715. The Morgan fingerprint density at radius 2 is 1.91 bits per heavy atom. The van der Waals surface area contributed by atoms with E-state index in [1.165, 1.54) is 16.5 Å². The quantitative estimate of drug-likeness (QED) is 0.753. The van der Waals surface area contributed by atoms with Gasteiger partial charge in [-0.25, -0.2) is 9.80 Å². The maximum Gasteiger partial charge on any atom is 0.331 e. The smallest absolute Gasteiger partial charge is 0.331 e. The fourth-order valence-corrected chi connectivity index (χ4v) is 4.81. The molecule has 10 nitrogen and oxygen atoms in total. The van der Waals surface area contributed by atoms with Crippen LogP contribution >= 0.6 is 0 Å². The van der Waals surface area contributed by atoms with Crippen molar-refractivity contribution in [1.29, 1.82) is 0 Å². The first-order chi connectivity index (χ1) is 15.4. The third-order valence-corrected chi connectivity index (χ3v) is 6.36. The molecule has 2 N–H and O–H groups in total. The third kappa shape index (κ3) is 3.35. The number of nitrogens with one attached hydrogen (secondary N) is 1. The zero-order valence-corrected chi connectivity index (χ0v) is 17.7. The summed E-state index contributed by atoms with van der Waals surface area (Å²) in [6.07, 6.45) is 4.71. The lowest BCUT2D eigenvalue weighted by Crippen LogP contribution is -2.36. The molecule has 3 aliphatic rings. The van der Waals surface area contributed by atoms with Gasteiger partial charge in [0, 0.05) is 19.4 Å². The number of rotatable bonds is 3. The van der Waals surface area contributed by atoms with Gasteiger partial charge >= 0.3 is 5.69 Å². The SMILES string of the molecule is CC(=O)N1N=C(c2c(O)n(C3CCCCC3)c(=O)[nH]c2=O)CC1c1ccc2c(c1)OCO2. The summed E-state index contributed by atoms with van der Waals surface area (Å²) in [5.41, 5.74) is -0.388. The monoisotopic (exact) mass is 440 g/mol. The normalized spacial score (nSPS) is 20.5. The topological polar surface area (TPSA) is 126 Å². The van der Waals surface area contributed by atoms with Crippen LogP contribution in [-0.2, 0) is 4.79 Å². The van der Waals surface area contributed by atoms with Gasteiger partial charge in [-0.05, 0) is 30.5 Å². The number of aromatic amines is 1. The highest BCUT2D eigenvalue weighted by Crippen LogP contribution is 2.40. The summed E-state index contributed by atoms with van der Waals surface area (Å²) < 4.78 is 12.1. The van der Waals surface area contributed by atoms with E-state index in [1.807, 2.05) is 6.07 Å². The molecule has 1 aromatic carbocycles. The number of ether oxygens (including phenoxy) is 2. The van der Waals surface area contributed by atoms with Gasteiger partial charge in [-0.3, -0.25) is 19.1 Å². The van der Waals surface area contributed by atoms with Crippen molar-refractivity contribution in [3.05, 3.63) is 50.2 Å². The van der Waals surface area contributed by atoms with Crippen LogP contribution in [0.25, 0.3) is 0 Å². The molecular formula is C22H24N4O6. The van der Waals surface area contributed by atoms with E-state index < -0.39 is 17.3 Å². The second-order valence-electron chi connectivity index (χ2n) is 8.36. The Morgan fingerprint density at radius 1 is 1.16 bits per heavy atom. The van der Waals surface area contributed by atoms with Crippen LogP contribution in [0.1, 0.15) is 68.7 Å². The van der Waals surface area contributed by atoms with Gasteiger partial charge in [0.1, 0.15) is 5.56 Å².